The van der Waals surface area contributed by atoms with Crippen molar-refractivity contribution < 1.29 is 9.53 Å². The second-order valence-corrected chi connectivity index (χ2v) is 4.37. The molecule has 3 nitrogen and oxygen atoms in total. The highest BCUT2D eigenvalue weighted by Crippen LogP contribution is 2.23. The van der Waals surface area contributed by atoms with Crippen molar-refractivity contribution in [1.29, 1.82) is 0 Å². The fourth-order valence-electron chi connectivity index (χ4n) is 2.21. The molecule has 90 valence electrons. The number of nitrogens with zero attached hydrogens (tertiary/aromatic N) is 1. The summed E-state index contributed by atoms with van der Waals surface area (Å²) >= 11 is 0. The van der Waals surface area contributed by atoms with Crippen LogP contribution < -0.4 is 0 Å². The Balaban J connectivity index is 2.33. The molecule has 1 aromatic carbocycles. The molecule has 0 saturated heterocycles. The SMILES string of the molecule is CC(=O)OCC(C)n1c(C)cc2ccccc21. The average Bonchev–Trinajstić information content (AvgIpc) is 2.61. The standard InChI is InChI=1S/C14H17NO2/c1-10-8-13-6-4-5-7-14(13)15(10)11(2)9-17-12(3)16/h4-8,11H,9H2,1-3H3. The van der Waals surface area contributed by atoms with E-state index in [0.29, 0.717) is 6.61 Å². The summed E-state index contributed by atoms with van der Waals surface area (Å²) in [7, 11) is 0. The number of aromatic nitrogens is 1. The molecular weight excluding hydrogens is 214 g/mol. The van der Waals surface area contributed by atoms with Gasteiger partial charge < -0.3 is 9.30 Å². The number of carbonyl (C=O) groups is 1. The number of hydrogen-bond acceptors (Lipinski definition) is 2. The summed E-state index contributed by atoms with van der Waals surface area (Å²) in [6.07, 6.45) is 0. The molecule has 1 aromatic heterocycles. The molecule has 0 N–H and O–H groups in total. The summed E-state index contributed by atoms with van der Waals surface area (Å²) in [6.45, 7) is 5.98. The van der Waals surface area contributed by atoms with Crippen molar-refractivity contribution in [2.24, 2.45) is 0 Å². The normalized spacial score (nSPS) is 12.6. The van der Waals surface area contributed by atoms with Gasteiger partial charge >= 0.3 is 5.97 Å². The zero-order chi connectivity index (χ0) is 12.4. The van der Waals surface area contributed by atoms with Crippen molar-refractivity contribution in [3.8, 4) is 0 Å². The van der Waals surface area contributed by atoms with Gasteiger partial charge in [0.15, 0.2) is 0 Å². The van der Waals surface area contributed by atoms with Crippen LogP contribution in [0.15, 0.2) is 30.3 Å². The second-order valence-electron chi connectivity index (χ2n) is 4.37. The first kappa shape index (κ1) is 11.7. The molecule has 0 aliphatic rings. The van der Waals surface area contributed by atoms with Gasteiger partial charge in [-0.2, -0.15) is 0 Å². The van der Waals surface area contributed by atoms with Gasteiger partial charge in [0.25, 0.3) is 0 Å². The molecule has 0 radical (unpaired) electrons. The fourth-order valence-corrected chi connectivity index (χ4v) is 2.21. The Morgan fingerprint density at radius 2 is 2.12 bits per heavy atom. The molecule has 0 aliphatic heterocycles. The number of para-hydroxylation sites is 1. The highest BCUT2D eigenvalue weighted by atomic mass is 16.5. The monoisotopic (exact) mass is 231 g/mol. The lowest BCUT2D eigenvalue weighted by atomic mass is 10.2. The third-order valence-corrected chi connectivity index (χ3v) is 2.91. The van der Waals surface area contributed by atoms with Crippen molar-refractivity contribution in [2.45, 2.75) is 26.8 Å². The molecule has 3 heteroatoms. The lowest BCUT2D eigenvalue weighted by molar-refractivity contribution is -0.141. The highest BCUT2D eigenvalue weighted by molar-refractivity contribution is 5.81. The highest BCUT2D eigenvalue weighted by Gasteiger charge is 2.12. The van der Waals surface area contributed by atoms with Crippen LogP contribution in [0.3, 0.4) is 0 Å². The van der Waals surface area contributed by atoms with E-state index in [2.05, 4.69) is 36.6 Å². The van der Waals surface area contributed by atoms with Crippen LogP contribution in [0.4, 0.5) is 0 Å². The van der Waals surface area contributed by atoms with Crippen LogP contribution >= 0.6 is 0 Å². The van der Waals surface area contributed by atoms with Gasteiger partial charge in [0, 0.05) is 18.1 Å². The van der Waals surface area contributed by atoms with E-state index in [1.165, 1.54) is 23.5 Å². The third-order valence-electron chi connectivity index (χ3n) is 2.91. The van der Waals surface area contributed by atoms with Crippen LogP contribution in [0, 0.1) is 6.92 Å². The maximum absolute atomic E-state index is 10.8. The first-order valence-corrected chi connectivity index (χ1v) is 5.79. The molecule has 0 amide bonds. The Bertz CT molecular complexity index is 542. The summed E-state index contributed by atoms with van der Waals surface area (Å²) in [5, 5.41) is 1.22. The lowest BCUT2D eigenvalue weighted by Gasteiger charge is -2.17. The molecule has 1 heterocycles. The Labute approximate surface area is 101 Å². The number of esters is 1. The van der Waals surface area contributed by atoms with Crippen molar-refractivity contribution in [2.75, 3.05) is 6.61 Å². The van der Waals surface area contributed by atoms with E-state index in [4.69, 9.17) is 4.74 Å². The number of rotatable bonds is 3. The van der Waals surface area contributed by atoms with Crippen LogP contribution in [0.5, 0.6) is 0 Å². The van der Waals surface area contributed by atoms with E-state index >= 15 is 0 Å². The molecule has 0 saturated carbocycles. The quantitative estimate of drug-likeness (QED) is 0.760. The summed E-state index contributed by atoms with van der Waals surface area (Å²) in [6, 6.07) is 10.5. The minimum atomic E-state index is -0.231. The Kier molecular flexibility index (Phi) is 3.18. The van der Waals surface area contributed by atoms with E-state index in [0.717, 1.165) is 0 Å². The molecule has 1 atom stereocenters. The van der Waals surface area contributed by atoms with Crippen LogP contribution in [0.2, 0.25) is 0 Å². The smallest absolute Gasteiger partial charge is 0.302 e. The van der Waals surface area contributed by atoms with Gasteiger partial charge in [0.2, 0.25) is 0 Å². The molecule has 2 rings (SSSR count). The largest absolute Gasteiger partial charge is 0.464 e. The van der Waals surface area contributed by atoms with Crippen LogP contribution in [0.1, 0.15) is 25.6 Å². The molecule has 0 aliphatic carbocycles. The van der Waals surface area contributed by atoms with Gasteiger partial charge in [-0.05, 0) is 31.4 Å². The zero-order valence-corrected chi connectivity index (χ0v) is 10.4. The number of ether oxygens (including phenoxy) is 1. The topological polar surface area (TPSA) is 31.2 Å². The summed E-state index contributed by atoms with van der Waals surface area (Å²) in [4.78, 5) is 10.8. The van der Waals surface area contributed by atoms with Crippen molar-refractivity contribution >= 4 is 16.9 Å². The zero-order valence-electron chi connectivity index (χ0n) is 10.4. The number of carbonyl (C=O) groups excluding carboxylic acids is 1. The van der Waals surface area contributed by atoms with Crippen LogP contribution in [-0.2, 0) is 9.53 Å². The molecule has 0 bridgehead atoms. The van der Waals surface area contributed by atoms with E-state index in [-0.39, 0.29) is 12.0 Å². The summed E-state index contributed by atoms with van der Waals surface area (Å²) in [5.41, 5.74) is 2.37. The van der Waals surface area contributed by atoms with E-state index in [1.807, 2.05) is 12.1 Å². The molecule has 2 aromatic rings. The molecule has 0 spiro atoms. The van der Waals surface area contributed by atoms with Gasteiger partial charge in [-0.25, -0.2) is 0 Å². The number of benzene rings is 1. The van der Waals surface area contributed by atoms with E-state index < -0.39 is 0 Å². The fraction of sp³-hybridized carbons (Fsp3) is 0.357. The minimum Gasteiger partial charge on any atom is -0.464 e. The Hall–Kier alpha value is -1.77. The van der Waals surface area contributed by atoms with Gasteiger partial charge in [-0.1, -0.05) is 18.2 Å². The molecule has 0 fully saturated rings. The first-order valence-electron chi connectivity index (χ1n) is 5.79. The number of hydrogen-bond donors (Lipinski definition) is 0. The maximum atomic E-state index is 10.8. The summed E-state index contributed by atoms with van der Waals surface area (Å²) < 4.78 is 7.28. The van der Waals surface area contributed by atoms with Gasteiger partial charge in [-0.3, -0.25) is 4.79 Å². The van der Waals surface area contributed by atoms with Crippen LogP contribution in [-0.4, -0.2) is 17.1 Å². The van der Waals surface area contributed by atoms with Crippen molar-refractivity contribution in [3.63, 3.8) is 0 Å². The molecule has 1 unspecified atom stereocenters. The molecular formula is C14H17NO2. The summed E-state index contributed by atoms with van der Waals surface area (Å²) in [5.74, 6) is -0.231. The van der Waals surface area contributed by atoms with Gasteiger partial charge in [0.05, 0.1) is 6.04 Å². The minimum absolute atomic E-state index is 0.152. The predicted octanol–water partition coefficient (Wildman–Crippen LogP) is 3.07. The second kappa shape index (κ2) is 4.62. The average molecular weight is 231 g/mol. The van der Waals surface area contributed by atoms with Gasteiger partial charge in [0.1, 0.15) is 6.61 Å². The van der Waals surface area contributed by atoms with E-state index in [9.17, 15) is 4.79 Å². The lowest BCUT2D eigenvalue weighted by Crippen LogP contribution is -2.15. The third kappa shape index (κ3) is 2.33. The first-order chi connectivity index (χ1) is 8.09. The maximum Gasteiger partial charge on any atom is 0.302 e. The number of aryl methyl sites for hydroxylation is 1. The van der Waals surface area contributed by atoms with Crippen molar-refractivity contribution in [3.05, 3.63) is 36.0 Å². The van der Waals surface area contributed by atoms with Gasteiger partial charge in [-0.15, -0.1) is 0 Å². The van der Waals surface area contributed by atoms with Crippen molar-refractivity contribution in [1.82, 2.24) is 4.57 Å². The molecule has 17 heavy (non-hydrogen) atoms. The van der Waals surface area contributed by atoms with Crippen LogP contribution in [0.25, 0.3) is 10.9 Å². The Morgan fingerprint density at radius 1 is 1.41 bits per heavy atom. The number of fused-ring (bicyclic) bond motifs is 1. The van der Waals surface area contributed by atoms with E-state index in [1.54, 1.807) is 0 Å². The Morgan fingerprint density at radius 3 is 2.82 bits per heavy atom. The predicted molar refractivity (Wildman–Crippen MR) is 68.0 cm³/mol.